The van der Waals surface area contributed by atoms with E-state index in [9.17, 15) is 4.79 Å². The van der Waals surface area contributed by atoms with Gasteiger partial charge in [-0.15, -0.1) is 0 Å². The van der Waals surface area contributed by atoms with Gasteiger partial charge in [0.2, 0.25) is 0 Å². The van der Waals surface area contributed by atoms with E-state index < -0.39 is 0 Å². The van der Waals surface area contributed by atoms with Crippen molar-refractivity contribution in [1.82, 2.24) is 5.32 Å². The molecule has 0 heterocycles. The fraction of sp³-hybridized carbons (Fsp3) is 0.667. The summed E-state index contributed by atoms with van der Waals surface area (Å²) in [5.41, 5.74) is 0. The molecule has 0 aliphatic heterocycles. The number of rotatable bonds is 1. The molecule has 0 saturated carbocycles. The van der Waals surface area contributed by atoms with E-state index in [1.165, 1.54) is 6.92 Å². The molecule has 1 N–H and O–H groups in total. The van der Waals surface area contributed by atoms with Crippen molar-refractivity contribution in [2.24, 2.45) is 5.92 Å². The maximum Gasteiger partial charge on any atom is 0.147 e. The third-order valence-corrected chi connectivity index (χ3v) is 0.828. The molecule has 0 aromatic heterocycles. The van der Waals surface area contributed by atoms with E-state index in [0.717, 1.165) is 0 Å². The van der Waals surface area contributed by atoms with Crippen molar-refractivity contribution in [3.8, 4) is 0 Å². The van der Waals surface area contributed by atoms with Gasteiger partial charge < -0.3 is 10.7 Å². The average molecular weight is 127 g/mol. The lowest BCUT2D eigenvalue weighted by Gasteiger charge is -2.12. The lowest BCUT2D eigenvalue weighted by Crippen LogP contribution is -2.30. The molecule has 0 spiro atoms. The third-order valence-electron chi connectivity index (χ3n) is 0.828. The van der Waals surface area contributed by atoms with Crippen LogP contribution in [0, 0.1) is 5.92 Å². The number of hydrogen-bond acceptors (Lipinski definition) is 1. The highest BCUT2D eigenvalue weighted by Gasteiger charge is 1.98. The summed E-state index contributed by atoms with van der Waals surface area (Å²) < 4.78 is 0. The molecule has 0 rings (SSSR count). The fourth-order valence-corrected chi connectivity index (χ4v) is 0.323. The van der Waals surface area contributed by atoms with E-state index in [-0.39, 0.29) is 17.7 Å². The molecule has 0 radical (unpaired) electrons. The number of nitrogens with one attached hydrogen (secondary N) is 1. The van der Waals surface area contributed by atoms with Gasteiger partial charge in [-0.3, -0.25) is 4.79 Å². The molecule has 0 aromatic carbocycles. The van der Waals surface area contributed by atoms with Crippen LogP contribution in [0.4, 0.5) is 0 Å². The minimum Gasteiger partial charge on any atom is -0.469 e. The van der Waals surface area contributed by atoms with Gasteiger partial charge in [-0.1, -0.05) is 19.7 Å². The Bertz CT molecular complexity index is 129. The van der Waals surface area contributed by atoms with Gasteiger partial charge in [-0.05, 0) is 6.92 Å². The van der Waals surface area contributed by atoms with Gasteiger partial charge in [-0.25, -0.2) is 0 Å². The Morgan fingerprint density at radius 3 is 2.11 bits per heavy atom. The molecular weight excluding hydrogens is 116 g/mol. The quantitative estimate of drug-likeness (QED) is 0.410. The molecule has 0 aliphatic carbocycles. The van der Waals surface area contributed by atoms with Crippen LogP contribution in [0.5, 0.6) is 0 Å². The smallest absolute Gasteiger partial charge is 0.147 e. The first-order chi connectivity index (χ1) is 4.04. The molecule has 9 heavy (non-hydrogen) atoms. The standard InChI is InChI=1S/C6H11N2O/c1-4(2)6(9)8-5(3)7/h4H,1-3H3,(H-,7,8,9)/q-1. The van der Waals surface area contributed by atoms with Crippen molar-refractivity contribution in [3.63, 3.8) is 0 Å². The van der Waals surface area contributed by atoms with E-state index >= 15 is 0 Å². The van der Waals surface area contributed by atoms with Crippen molar-refractivity contribution in [3.05, 3.63) is 5.41 Å². The van der Waals surface area contributed by atoms with Crippen LogP contribution in [-0.4, -0.2) is 11.7 Å². The van der Waals surface area contributed by atoms with E-state index in [2.05, 4.69) is 5.32 Å². The lowest BCUT2D eigenvalue weighted by molar-refractivity contribution is -0.122. The molecule has 3 heteroatoms. The van der Waals surface area contributed by atoms with Crippen LogP contribution in [0.25, 0.3) is 5.41 Å². The lowest BCUT2D eigenvalue weighted by atomic mass is 10.2. The number of amides is 1. The van der Waals surface area contributed by atoms with E-state index in [1.807, 2.05) is 0 Å². The van der Waals surface area contributed by atoms with Crippen molar-refractivity contribution in [1.29, 1.82) is 0 Å². The molecule has 0 aliphatic rings. The van der Waals surface area contributed by atoms with E-state index in [4.69, 9.17) is 5.41 Å². The predicted molar refractivity (Wildman–Crippen MR) is 37.0 cm³/mol. The van der Waals surface area contributed by atoms with Crippen LogP contribution in [0.15, 0.2) is 0 Å². The van der Waals surface area contributed by atoms with Crippen molar-refractivity contribution >= 4 is 11.7 Å². The first-order valence-electron chi connectivity index (χ1n) is 2.87. The second-order valence-corrected chi connectivity index (χ2v) is 2.23. The summed E-state index contributed by atoms with van der Waals surface area (Å²) in [6.45, 7) is 4.96. The maximum absolute atomic E-state index is 10.7. The molecule has 0 unspecified atom stereocenters. The van der Waals surface area contributed by atoms with Gasteiger partial charge >= 0.3 is 0 Å². The van der Waals surface area contributed by atoms with Crippen LogP contribution in [0.2, 0.25) is 0 Å². The topological polar surface area (TPSA) is 51.4 Å². The maximum atomic E-state index is 10.7. The largest absolute Gasteiger partial charge is 0.469 e. The molecule has 1 amide bonds. The highest BCUT2D eigenvalue weighted by Crippen LogP contribution is 1.89. The Morgan fingerprint density at radius 1 is 1.56 bits per heavy atom. The van der Waals surface area contributed by atoms with Crippen LogP contribution in [-0.2, 0) is 4.79 Å². The molecule has 0 aromatic rings. The van der Waals surface area contributed by atoms with Crippen molar-refractivity contribution < 1.29 is 4.79 Å². The molecule has 3 nitrogen and oxygen atoms in total. The first kappa shape index (κ1) is 8.14. The minimum atomic E-state index is -0.157. The molecular formula is C6H11N2O-. The number of nitrogens with zero attached hydrogens (tertiary/aromatic N) is 1. The molecule has 0 atom stereocenters. The highest BCUT2D eigenvalue weighted by atomic mass is 16.1. The summed E-state index contributed by atoms with van der Waals surface area (Å²) >= 11 is 0. The summed E-state index contributed by atoms with van der Waals surface area (Å²) in [7, 11) is 0. The van der Waals surface area contributed by atoms with Crippen molar-refractivity contribution in [2.75, 3.05) is 0 Å². The Balaban J connectivity index is 3.64. The second kappa shape index (κ2) is 3.22. The Hall–Kier alpha value is -0.860. The Labute approximate surface area is 55.0 Å². The van der Waals surface area contributed by atoms with Gasteiger partial charge in [-0.2, -0.15) is 0 Å². The van der Waals surface area contributed by atoms with Crippen molar-refractivity contribution in [2.45, 2.75) is 20.8 Å². The highest BCUT2D eigenvalue weighted by molar-refractivity contribution is 5.99. The zero-order valence-corrected chi connectivity index (χ0v) is 5.93. The summed E-state index contributed by atoms with van der Waals surface area (Å²) in [6.07, 6.45) is 0. The molecule has 0 saturated heterocycles. The summed E-state index contributed by atoms with van der Waals surface area (Å²) in [5, 5.41) is 10.8. The normalized spacial score (nSPS) is 9.33. The van der Waals surface area contributed by atoms with Gasteiger partial charge in [0, 0.05) is 5.92 Å². The average Bonchev–Trinajstić information content (AvgIpc) is 1.63. The van der Waals surface area contributed by atoms with E-state index in [0.29, 0.717) is 0 Å². The van der Waals surface area contributed by atoms with E-state index in [1.54, 1.807) is 13.8 Å². The molecule has 0 fully saturated rings. The Morgan fingerprint density at radius 2 is 2.00 bits per heavy atom. The summed E-state index contributed by atoms with van der Waals surface area (Å²) in [5.74, 6) is -0.282. The Kier molecular flexibility index (Phi) is 2.91. The summed E-state index contributed by atoms with van der Waals surface area (Å²) in [6, 6.07) is 0. The third kappa shape index (κ3) is 3.70. The minimum absolute atomic E-state index is 0.0475. The molecule has 0 bridgehead atoms. The predicted octanol–water partition coefficient (Wildman–Crippen LogP) is 0.746. The van der Waals surface area contributed by atoms with Crippen LogP contribution in [0.1, 0.15) is 20.8 Å². The molecule has 52 valence electrons. The fourth-order valence-electron chi connectivity index (χ4n) is 0.323. The first-order valence-corrected chi connectivity index (χ1v) is 2.87. The zero-order chi connectivity index (χ0) is 7.44. The van der Waals surface area contributed by atoms with Gasteiger partial charge in [0.25, 0.3) is 0 Å². The van der Waals surface area contributed by atoms with Gasteiger partial charge in [0.1, 0.15) is 5.91 Å². The summed E-state index contributed by atoms with van der Waals surface area (Å²) in [4.78, 5) is 10.7. The van der Waals surface area contributed by atoms with Crippen LogP contribution in [0.3, 0.4) is 0 Å². The van der Waals surface area contributed by atoms with Crippen LogP contribution < -0.4 is 5.32 Å². The zero-order valence-electron chi connectivity index (χ0n) is 5.93. The number of carbonyl (C=O) groups excluding carboxylic acids is 1. The van der Waals surface area contributed by atoms with Gasteiger partial charge in [0.05, 0.1) is 0 Å². The monoisotopic (exact) mass is 127 g/mol. The number of hydrogen-bond donors (Lipinski definition) is 1. The van der Waals surface area contributed by atoms with Gasteiger partial charge in [0.15, 0.2) is 0 Å². The number of amidine groups is 1. The number of carbonyl (C=O) groups is 1. The second-order valence-electron chi connectivity index (χ2n) is 2.23. The van der Waals surface area contributed by atoms with Crippen LogP contribution >= 0.6 is 0 Å². The SMILES string of the molecule is CC(=[N-])NC(=O)C(C)C.